The molecule has 94 valence electrons. The molecule has 1 rings (SSSR count). The van der Waals surface area contributed by atoms with Gasteiger partial charge in [0.25, 0.3) is 9.05 Å². The molecule has 0 bridgehead atoms. The minimum Gasteiger partial charge on any atom is -0.488 e. The molecule has 1 aromatic carbocycles. The van der Waals surface area contributed by atoms with E-state index in [9.17, 15) is 8.42 Å². The van der Waals surface area contributed by atoms with Gasteiger partial charge in [-0.2, -0.15) is 0 Å². The molecule has 1 aromatic rings. The Morgan fingerprint density at radius 1 is 1.24 bits per heavy atom. The molecule has 0 heterocycles. The first kappa shape index (κ1) is 14.9. The predicted octanol–water partition coefficient (Wildman–Crippen LogP) is 4.05. The summed E-state index contributed by atoms with van der Waals surface area (Å²) in [5.41, 5.74) is 1.28. The summed E-state index contributed by atoms with van der Waals surface area (Å²) in [4.78, 5) is -0.258. The molecule has 3 nitrogen and oxygen atoms in total. The highest BCUT2D eigenvalue weighted by Gasteiger charge is 2.19. The van der Waals surface area contributed by atoms with Crippen LogP contribution >= 0.6 is 45.5 Å². The molecule has 0 saturated heterocycles. The Morgan fingerprint density at radius 2 is 1.88 bits per heavy atom. The van der Waals surface area contributed by atoms with Crippen LogP contribution in [0.15, 0.2) is 28.6 Å². The van der Waals surface area contributed by atoms with E-state index in [2.05, 4.69) is 0 Å². The Labute approximate surface area is 118 Å². The molecule has 0 aromatic heterocycles. The zero-order chi connectivity index (χ0) is 13.1. The van der Waals surface area contributed by atoms with Gasteiger partial charge in [-0.25, -0.2) is 8.42 Å². The van der Waals surface area contributed by atoms with Crippen molar-refractivity contribution < 1.29 is 13.2 Å². The first-order valence-corrected chi connectivity index (χ1v) is 7.68. The smallest absolute Gasteiger partial charge is 0.262 e. The maximum absolute atomic E-state index is 11.1. The van der Waals surface area contributed by atoms with Crippen LogP contribution in [0.3, 0.4) is 0 Å². The molecule has 17 heavy (non-hydrogen) atoms. The first-order chi connectivity index (χ1) is 7.88. The Morgan fingerprint density at radius 3 is 2.41 bits per heavy atom. The Hall–Kier alpha value is -0.130. The Balaban J connectivity index is 3.11. The second kappa shape index (κ2) is 6.16. The molecule has 8 heteroatoms. The Bertz CT molecular complexity index is 539. The molecule has 0 radical (unpaired) electrons. The van der Waals surface area contributed by atoms with Gasteiger partial charge in [-0.3, -0.25) is 0 Å². The van der Waals surface area contributed by atoms with Crippen LogP contribution in [0.25, 0.3) is 0 Å². The summed E-state index contributed by atoms with van der Waals surface area (Å²) in [5.74, 6) is 0.246. The normalized spacial score (nSPS) is 12.0. The van der Waals surface area contributed by atoms with Gasteiger partial charge in [-0.05, 0) is 18.2 Å². The molecule has 0 unspecified atom stereocenters. The summed E-state index contributed by atoms with van der Waals surface area (Å²) in [5, 5.41) is -0.189. The first-order valence-electron chi connectivity index (χ1n) is 4.18. The number of ether oxygens (including phenoxy) is 1. The number of halogens is 4. The van der Waals surface area contributed by atoms with Crippen molar-refractivity contribution in [3.05, 3.63) is 33.8 Å². The molecular formula is C9H6Cl4O3S. The molecule has 0 saturated carbocycles. The molecule has 0 spiro atoms. The van der Waals surface area contributed by atoms with E-state index in [0.717, 1.165) is 0 Å². The summed E-state index contributed by atoms with van der Waals surface area (Å²) >= 11 is 16.9. The van der Waals surface area contributed by atoms with Crippen LogP contribution < -0.4 is 4.74 Å². The highest BCUT2D eigenvalue weighted by molar-refractivity contribution is 8.13. The van der Waals surface area contributed by atoms with Crippen molar-refractivity contribution in [1.82, 2.24) is 0 Å². The molecule has 0 aliphatic carbocycles. The van der Waals surface area contributed by atoms with Crippen molar-refractivity contribution in [3.8, 4) is 5.75 Å². The Kier molecular flexibility index (Phi) is 5.41. The largest absolute Gasteiger partial charge is 0.488 e. The lowest BCUT2D eigenvalue weighted by atomic mass is 10.3. The van der Waals surface area contributed by atoms with Crippen molar-refractivity contribution in [3.63, 3.8) is 0 Å². The predicted molar refractivity (Wildman–Crippen MR) is 70.0 cm³/mol. The van der Waals surface area contributed by atoms with Crippen LogP contribution in [0, 0.1) is 0 Å². The standard InChI is InChI=1S/C9H6Cl4O3S/c10-4-1-5-16-6-2-3-7(17(13,14)15)9(12)8(6)11/h1-4H,5H2/b4-1+. The monoisotopic (exact) mass is 334 g/mol. The van der Waals surface area contributed by atoms with Crippen LogP contribution in [0.4, 0.5) is 0 Å². The fourth-order valence-electron chi connectivity index (χ4n) is 0.988. The average Bonchev–Trinajstić information content (AvgIpc) is 2.23. The fourth-order valence-corrected chi connectivity index (χ4v) is 2.85. The SMILES string of the molecule is O=S(=O)(Cl)c1ccc(OC/C=C/Cl)c(Cl)c1Cl. The zero-order valence-corrected chi connectivity index (χ0v) is 12.0. The quantitative estimate of drug-likeness (QED) is 0.779. The van der Waals surface area contributed by atoms with Crippen molar-refractivity contribution in [2.24, 2.45) is 0 Å². The summed E-state index contributed by atoms with van der Waals surface area (Å²) < 4.78 is 27.5. The van der Waals surface area contributed by atoms with Gasteiger partial charge >= 0.3 is 0 Å². The second-order valence-electron chi connectivity index (χ2n) is 2.80. The van der Waals surface area contributed by atoms with Crippen LogP contribution in [-0.2, 0) is 9.05 Å². The van der Waals surface area contributed by atoms with Crippen LogP contribution in [0.5, 0.6) is 5.75 Å². The summed E-state index contributed by atoms with van der Waals surface area (Å²) in [6.45, 7) is 0.187. The molecule has 0 atom stereocenters. The van der Waals surface area contributed by atoms with Crippen molar-refractivity contribution in [2.45, 2.75) is 4.90 Å². The third kappa shape index (κ3) is 3.93. The lowest BCUT2D eigenvalue weighted by Crippen LogP contribution is -1.97. The van der Waals surface area contributed by atoms with Crippen molar-refractivity contribution in [1.29, 1.82) is 0 Å². The van der Waals surface area contributed by atoms with Crippen LogP contribution in [0.2, 0.25) is 10.0 Å². The maximum atomic E-state index is 11.1. The highest BCUT2D eigenvalue weighted by atomic mass is 35.7. The van der Waals surface area contributed by atoms with Gasteiger partial charge in [0.15, 0.2) is 0 Å². The molecule has 0 fully saturated rings. The van der Waals surface area contributed by atoms with Gasteiger partial charge in [0.05, 0.1) is 5.02 Å². The van der Waals surface area contributed by atoms with E-state index in [-0.39, 0.29) is 27.3 Å². The minimum atomic E-state index is -3.93. The van der Waals surface area contributed by atoms with E-state index in [0.29, 0.717) is 0 Å². The second-order valence-corrected chi connectivity index (χ2v) is 6.34. The molecule has 0 N–H and O–H groups in total. The van der Waals surface area contributed by atoms with E-state index in [1.165, 1.54) is 23.7 Å². The zero-order valence-electron chi connectivity index (χ0n) is 8.16. The topological polar surface area (TPSA) is 43.4 Å². The van der Waals surface area contributed by atoms with Gasteiger partial charge in [0, 0.05) is 16.2 Å². The van der Waals surface area contributed by atoms with Gasteiger partial charge < -0.3 is 4.74 Å². The summed E-state index contributed by atoms with van der Waals surface area (Å²) in [7, 11) is 1.24. The van der Waals surface area contributed by atoms with Crippen molar-refractivity contribution >= 4 is 54.5 Å². The number of rotatable bonds is 4. The van der Waals surface area contributed by atoms with Crippen LogP contribution in [0.1, 0.15) is 0 Å². The lowest BCUT2D eigenvalue weighted by Gasteiger charge is -2.08. The molecule has 0 amide bonds. The van der Waals surface area contributed by atoms with E-state index in [1.807, 2.05) is 0 Å². The lowest BCUT2D eigenvalue weighted by molar-refractivity contribution is 0.363. The van der Waals surface area contributed by atoms with E-state index >= 15 is 0 Å². The third-order valence-corrected chi connectivity index (χ3v) is 4.22. The van der Waals surface area contributed by atoms with Gasteiger partial charge in [0.1, 0.15) is 22.3 Å². The molecular weight excluding hydrogens is 330 g/mol. The number of benzene rings is 1. The van der Waals surface area contributed by atoms with E-state index in [1.54, 1.807) is 0 Å². The molecule has 0 aliphatic heterocycles. The van der Waals surface area contributed by atoms with Gasteiger partial charge in [0.2, 0.25) is 0 Å². The number of hydrogen-bond acceptors (Lipinski definition) is 3. The summed E-state index contributed by atoms with van der Waals surface area (Å²) in [6.07, 6.45) is 1.54. The minimum absolute atomic E-state index is 0.0173. The van der Waals surface area contributed by atoms with Crippen LogP contribution in [-0.4, -0.2) is 15.0 Å². The highest BCUT2D eigenvalue weighted by Crippen LogP contribution is 2.37. The average molecular weight is 336 g/mol. The van der Waals surface area contributed by atoms with E-state index < -0.39 is 9.05 Å². The summed E-state index contributed by atoms with van der Waals surface area (Å²) in [6, 6.07) is 2.59. The van der Waals surface area contributed by atoms with E-state index in [4.69, 9.17) is 50.2 Å². The van der Waals surface area contributed by atoms with Gasteiger partial charge in [-0.15, -0.1) is 0 Å². The maximum Gasteiger partial charge on any atom is 0.262 e. The number of hydrogen-bond donors (Lipinski definition) is 0. The molecule has 0 aliphatic rings. The fraction of sp³-hybridized carbons (Fsp3) is 0.111. The third-order valence-electron chi connectivity index (χ3n) is 1.70. The van der Waals surface area contributed by atoms with Crippen molar-refractivity contribution in [2.75, 3.05) is 6.61 Å². The van der Waals surface area contributed by atoms with Gasteiger partial charge in [-0.1, -0.05) is 34.8 Å².